The number of aromatic nitrogens is 1. The Labute approximate surface area is 127 Å². The molecule has 4 nitrogen and oxygen atoms in total. The SMILES string of the molecule is O=C(O)c1cc(Br)cnc1Oc1cc(Cl)cc(Cl)c1. The molecule has 0 amide bonds. The van der Waals surface area contributed by atoms with Crippen LogP contribution in [-0.4, -0.2) is 16.1 Å². The van der Waals surface area contributed by atoms with E-state index in [0.29, 0.717) is 20.3 Å². The highest BCUT2D eigenvalue weighted by Crippen LogP contribution is 2.30. The van der Waals surface area contributed by atoms with Crippen LogP contribution in [0, 0.1) is 0 Å². The van der Waals surface area contributed by atoms with Crippen LogP contribution in [0.3, 0.4) is 0 Å². The van der Waals surface area contributed by atoms with Gasteiger partial charge in [-0.15, -0.1) is 0 Å². The zero-order chi connectivity index (χ0) is 14.0. The maximum Gasteiger partial charge on any atom is 0.341 e. The van der Waals surface area contributed by atoms with Gasteiger partial charge in [0.05, 0.1) is 0 Å². The number of aromatic carboxylic acids is 1. The average Bonchev–Trinajstić information content (AvgIpc) is 2.30. The minimum Gasteiger partial charge on any atom is -0.477 e. The molecular weight excluding hydrogens is 357 g/mol. The topological polar surface area (TPSA) is 59.4 Å². The van der Waals surface area contributed by atoms with Crippen molar-refractivity contribution in [2.45, 2.75) is 0 Å². The number of ether oxygens (including phenoxy) is 1. The Morgan fingerprint density at radius 2 is 1.84 bits per heavy atom. The molecule has 0 fully saturated rings. The zero-order valence-corrected chi connectivity index (χ0v) is 12.3. The Kier molecular flexibility index (Phi) is 4.29. The molecule has 19 heavy (non-hydrogen) atoms. The first-order chi connectivity index (χ1) is 8.95. The molecule has 0 aliphatic heterocycles. The van der Waals surface area contributed by atoms with Crippen LogP contribution >= 0.6 is 39.1 Å². The molecule has 2 rings (SSSR count). The Hall–Kier alpha value is -1.30. The highest BCUT2D eigenvalue weighted by atomic mass is 79.9. The van der Waals surface area contributed by atoms with Crippen molar-refractivity contribution in [3.05, 3.63) is 50.5 Å². The Balaban J connectivity index is 2.40. The lowest BCUT2D eigenvalue weighted by atomic mass is 10.3. The summed E-state index contributed by atoms with van der Waals surface area (Å²) in [6.45, 7) is 0. The van der Waals surface area contributed by atoms with Crippen LogP contribution in [-0.2, 0) is 0 Å². The largest absolute Gasteiger partial charge is 0.477 e. The first kappa shape index (κ1) is 14.1. The fraction of sp³-hybridized carbons (Fsp3) is 0. The molecule has 0 aliphatic carbocycles. The highest BCUT2D eigenvalue weighted by molar-refractivity contribution is 9.10. The molecule has 0 atom stereocenters. The van der Waals surface area contributed by atoms with E-state index in [2.05, 4.69) is 20.9 Å². The van der Waals surface area contributed by atoms with E-state index in [-0.39, 0.29) is 11.4 Å². The van der Waals surface area contributed by atoms with Crippen LogP contribution in [0.1, 0.15) is 10.4 Å². The van der Waals surface area contributed by atoms with Crippen LogP contribution in [0.5, 0.6) is 11.6 Å². The quantitative estimate of drug-likeness (QED) is 0.863. The van der Waals surface area contributed by atoms with Crippen LogP contribution in [0.25, 0.3) is 0 Å². The van der Waals surface area contributed by atoms with Crippen molar-refractivity contribution in [3.8, 4) is 11.6 Å². The summed E-state index contributed by atoms with van der Waals surface area (Å²) in [5, 5.41) is 9.86. The molecule has 1 heterocycles. The lowest BCUT2D eigenvalue weighted by molar-refractivity contribution is 0.0693. The van der Waals surface area contributed by atoms with Gasteiger partial charge in [-0.25, -0.2) is 9.78 Å². The van der Waals surface area contributed by atoms with Crippen LogP contribution in [0.4, 0.5) is 0 Å². The lowest BCUT2D eigenvalue weighted by Gasteiger charge is -2.08. The van der Waals surface area contributed by atoms with E-state index in [9.17, 15) is 4.79 Å². The second-order valence-corrected chi connectivity index (χ2v) is 5.31. The van der Waals surface area contributed by atoms with Crippen molar-refractivity contribution in [1.82, 2.24) is 4.98 Å². The predicted molar refractivity (Wildman–Crippen MR) is 75.4 cm³/mol. The standard InChI is InChI=1S/C12H6BrCl2NO3/c13-6-1-10(12(17)18)11(16-5-6)19-9-3-7(14)2-8(15)4-9/h1-5H,(H,17,18). The third-order valence-electron chi connectivity index (χ3n) is 2.10. The first-order valence-electron chi connectivity index (χ1n) is 4.98. The Morgan fingerprint density at radius 3 is 2.42 bits per heavy atom. The van der Waals surface area contributed by atoms with Crippen molar-refractivity contribution in [2.75, 3.05) is 0 Å². The minimum absolute atomic E-state index is 0.0333. The summed E-state index contributed by atoms with van der Waals surface area (Å²) in [5.41, 5.74) is -0.0644. The fourth-order valence-corrected chi connectivity index (χ4v) is 2.20. The van der Waals surface area contributed by atoms with Crippen molar-refractivity contribution in [1.29, 1.82) is 0 Å². The molecule has 1 aromatic carbocycles. The predicted octanol–water partition coefficient (Wildman–Crippen LogP) is 4.64. The van der Waals surface area contributed by atoms with E-state index in [0.717, 1.165) is 0 Å². The van der Waals surface area contributed by atoms with Crippen LogP contribution in [0.15, 0.2) is 34.9 Å². The fourth-order valence-electron chi connectivity index (χ4n) is 1.36. The number of hydrogen-bond donors (Lipinski definition) is 1. The summed E-state index contributed by atoms with van der Waals surface area (Å²) in [6.07, 6.45) is 1.44. The summed E-state index contributed by atoms with van der Waals surface area (Å²) in [7, 11) is 0. The van der Waals surface area contributed by atoms with E-state index in [1.807, 2.05) is 0 Å². The summed E-state index contributed by atoms with van der Waals surface area (Å²) in [4.78, 5) is 15.0. The number of hydrogen-bond acceptors (Lipinski definition) is 3. The second kappa shape index (κ2) is 5.77. The minimum atomic E-state index is -1.14. The third-order valence-corrected chi connectivity index (χ3v) is 2.97. The molecule has 1 N–H and O–H groups in total. The van der Waals surface area contributed by atoms with Crippen LogP contribution < -0.4 is 4.74 Å². The molecule has 7 heteroatoms. The molecule has 0 spiro atoms. The van der Waals surface area contributed by atoms with Gasteiger partial charge in [-0.1, -0.05) is 23.2 Å². The van der Waals surface area contributed by atoms with E-state index in [4.69, 9.17) is 33.0 Å². The molecule has 0 saturated carbocycles. The van der Waals surface area contributed by atoms with E-state index >= 15 is 0 Å². The van der Waals surface area contributed by atoms with Crippen molar-refractivity contribution < 1.29 is 14.6 Å². The number of carboxylic acids is 1. The van der Waals surface area contributed by atoms with Gasteiger partial charge in [-0.2, -0.15) is 0 Å². The van der Waals surface area contributed by atoms with Crippen molar-refractivity contribution in [3.63, 3.8) is 0 Å². The molecule has 1 aromatic heterocycles. The summed E-state index contributed by atoms with van der Waals surface area (Å²) in [6, 6.07) is 5.98. The summed E-state index contributed by atoms with van der Waals surface area (Å²) in [5.74, 6) is -0.860. The van der Waals surface area contributed by atoms with E-state index in [1.54, 1.807) is 6.07 Å². The Morgan fingerprint density at radius 1 is 1.21 bits per heavy atom. The molecule has 0 bridgehead atoms. The number of carboxylic acid groups (broad SMARTS) is 1. The first-order valence-corrected chi connectivity index (χ1v) is 6.53. The van der Waals surface area contributed by atoms with E-state index in [1.165, 1.54) is 24.4 Å². The van der Waals surface area contributed by atoms with Gasteiger partial charge in [0.2, 0.25) is 5.88 Å². The molecule has 0 saturated heterocycles. The smallest absolute Gasteiger partial charge is 0.341 e. The van der Waals surface area contributed by atoms with Crippen LogP contribution in [0.2, 0.25) is 10.0 Å². The third kappa shape index (κ3) is 3.59. The normalized spacial score (nSPS) is 10.3. The number of benzene rings is 1. The molecule has 0 radical (unpaired) electrons. The van der Waals surface area contributed by atoms with Gasteiger partial charge in [-0.3, -0.25) is 0 Å². The van der Waals surface area contributed by atoms with E-state index < -0.39 is 5.97 Å². The monoisotopic (exact) mass is 361 g/mol. The number of nitrogens with zero attached hydrogens (tertiary/aromatic N) is 1. The van der Waals surface area contributed by atoms with Crippen molar-refractivity contribution in [2.24, 2.45) is 0 Å². The highest BCUT2D eigenvalue weighted by Gasteiger charge is 2.14. The molecule has 0 aliphatic rings. The number of rotatable bonds is 3. The summed E-state index contributed by atoms with van der Waals surface area (Å²) < 4.78 is 5.95. The maximum atomic E-state index is 11.1. The van der Waals surface area contributed by atoms with Gasteiger partial charge in [0.15, 0.2) is 0 Å². The van der Waals surface area contributed by atoms with Gasteiger partial charge in [0.1, 0.15) is 11.3 Å². The average molecular weight is 363 g/mol. The number of carbonyl (C=O) groups is 1. The molecule has 2 aromatic rings. The van der Waals surface area contributed by atoms with Gasteiger partial charge < -0.3 is 9.84 Å². The van der Waals surface area contributed by atoms with Gasteiger partial charge in [0.25, 0.3) is 0 Å². The van der Waals surface area contributed by atoms with Gasteiger partial charge >= 0.3 is 5.97 Å². The number of pyridine rings is 1. The lowest BCUT2D eigenvalue weighted by Crippen LogP contribution is -2.02. The maximum absolute atomic E-state index is 11.1. The number of halogens is 3. The second-order valence-electron chi connectivity index (χ2n) is 3.52. The van der Waals surface area contributed by atoms with Gasteiger partial charge in [-0.05, 0) is 40.2 Å². The molecule has 98 valence electrons. The molecule has 0 unspecified atom stereocenters. The van der Waals surface area contributed by atoms with Gasteiger partial charge in [0, 0.05) is 20.7 Å². The summed E-state index contributed by atoms with van der Waals surface area (Å²) >= 11 is 14.8. The zero-order valence-electron chi connectivity index (χ0n) is 9.23. The molecular formula is C12H6BrCl2NO3. The Bertz CT molecular complexity index is 629. The van der Waals surface area contributed by atoms with Crippen molar-refractivity contribution >= 4 is 45.1 Å².